The lowest BCUT2D eigenvalue weighted by atomic mass is 10.1. The minimum atomic E-state index is 0.544. The second-order valence-electron chi connectivity index (χ2n) is 7.00. The summed E-state index contributed by atoms with van der Waals surface area (Å²) in [7, 11) is 4.03. The van der Waals surface area contributed by atoms with E-state index >= 15 is 0 Å². The van der Waals surface area contributed by atoms with Crippen LogP contribution in [0, 0.1) is 0 Å². The van der Waals surface area contributed by atoms with Crippen LogP contribution in [-0.2, 0) is 0 Å². The Kier molecular flexibility index (Phi) is 5.48. The molecule has 1 heterocycles. The van der Waals surface area contributed by atoms with Gasteiger partial charge in [0.05, 0.1) is 11.4 Å². The molecule has 0 unspecified atom stereocenters. The molecule has 150 valence electrons. The van der Waals surface area contributed by atoms with E-state index in [0.29, 0.717) is 23.1 Å². The van der Waals surface area contributed by atoms with Crippen LogP contribution in [0.15, 0.2) is 85.1 Å². The molecule has 0 radical (unpaired) electrons. The number of para-hydroxylation sites is 2. The van der Waals surface area contributed by atoms with Crippen molar-refractivity contribution in [1.29, 1.82) is 0 Å². The minimum Gasteiger partial charge on any atom is -0.455 e. The average molecular weight is 397 g/mol. The number of nitrogens with two attached hydrogens (primary N) is 1. The summed E-state index contributed by atoms with van der Waals surface area (Å²) in [4.78, 5) is 11.0. The maximum Gasteiger partial charge on any atom is 0.227 e. The zero-order valence-corrected chi connectivity index (χ0v) is 16.9. The fraction of sp³-hybridized carbons (Fsp3) is 0.0833. The molecular weight excluding hydrogens is 374 g/mol. The van der Waals surface area contributed by atoms with E-state index in [-0.39, 0.29) is 0 Å². The molecule has 0 spiro atoms. The number of nitrogens with one attached hydrogen (secondary N) is 1. The van der Waals surface area contributed by atoms with Crippen LogP contribution in [0.5, 0.6) is 11.5 Å². The number of rotatable bonds is 6. The Morgan fingerprint density at radius 1 is 0.867 bits per heavy atom. The van der Waals surface area contributed by atoms with Gasteiger partial charge in [-0.05, 0) is 66.7 Å². The van der Waals surface area contributed by atoms with Gasteiger partial charge < -0.3 is 20.7 Å². The summed E-state index contributed by atoms with van der Waals surface area (Å²) < 4.78 is 5.86. The van der Waals surface area contributed by atoms with E-state index in [1.807, 2.05) is 93.0 Å². The zero-order valence-electron chi connectivity index (χ0n) is 16.9. The highest BCUT2D eigenvalue weighted by molar-refractivity contribution is 5.64. The van der Waals surface area contributed by atoms with Crippen molar-refractivity contribution in [2.24, 2.45) is 0 Å². The third-order valence-electron chi connectivity index (χ3n) is 4.59. The molecule has 0 bridgehead atoms. The first kappa shape index (κ1) is 19.3. The first-order chi connectivity index (χ1) is 14.6. The number of hydrogen-bond donors (Lipinski definition) is 2. The fourth-order valence-electron chi connectivity index (χ4n) is 2.95. The predicted molar refractivity (Wildman–Crippen MR) is 122 cm³/mol. The van der Waals surface area contributed by atoms with Crippen molar-refractivity contribution < 1.29 is 4.74 Å². The average Bonchev–Trinajstić information content (AvgIpc) is 2.76. The summed E-state index contributed by atoms with van der Waals surface area (Å²) in [6.07, 6.45) is 1.74. The SMILES string of the molecule is CN(C)c1ccc(Nc2nccc(-c3ccc(Oc4ccccc4N)cc3)n2)cc1. The monoisotopic (exact) mass is 397 g/mol. The normalized spacial score (nSPS) is 10.5. The maximum atomic E-state index is 5.94. The van der Waals surface area contributed by atoms with Gasteiger partial charge in [-0.15, -0.1) is 0 Å². The summed E-state index contributed by atoms with van der Waals surface area (Å²) >= 11 is 0. The summed E-state index contributed by atoms with van der Waals surface area (Å²) in [5, 5.41) is 3.25. The molecule has 4 rings (SSSR count). The van der Waals surface area contributed by atoms with Gasteiger partial charge in [0, 0.05) is 37.2 Å². The molecule has 0 saturated heterocycles. The van der Waals surface area contributed by atoms with E-state index in [1.165, 1.54) is 0 Å². The smallest absolute Gasteiger partial charge is 0.227 e. The molecule has 0 aliphatic heterocycles. The van der Waals surface area contributed by atoms with Gasteiger partial charge >= 0.3 is 0 Å². The van der Waals surface area contributed by atoms with Crippen molar-refractivity contribution in [2.75, 3.05) is 30.0 Å². The lowest BCUT2D eigenvalue weighted by Gasteiger charge is -2.13. The Balaban J connectivity index is 1.48. The van der Waals surface area contributed by atoms with Crippen LogP contribution >= 0.6 is 0 Å². The van der Waals surface area contributed by atoms with E-state index in [2.05, 4.69) is 20.2 Å². The minimum absolute atomic E-state index is 0.544. The summed E-state index contributed by atoms with van der Waals surface area (Å²) in [5.74, 6) is 1.89. The Morgan fingerprint density at radius 2 is 1.60 bits per heavy atom. The number of hydrogen-bond acceptors (Lipinski definition) is 6. The standard InChI is InChI=1S/C24H23N5O/c1-29(2)19-11-9-18(10-12-19)27-24-26-16-15-22(28-24)17-7-13-20(14-8-17)30-23-6-4-3-5-21(23)25/h3-16H,25H2,1-2H3,(H,26,27,28). The third kappa shape index (κ3) is 4.50. The van der Waals surface area contributed by atoms with Crippen LogP contribution in [-0.4, -0.2) is 24.1 Å². The van der Waals surface area contributed by atoms with Gasteiger partial charge in [-0.1, -0.05) is 12.1 Å². The molecule has 1 aromatic heterocycles. The predicted octanol–water partition coefficient (Wildman–Crippen LogP) is 5.33. The first-order valence-electron chi connectivity index (χ1n) is 9.59. The van der Waals surface area contributed by atoms with Gasteiger partial charge in [0.15, 0.2) is 0 Å². The summed E-state index contributed by atoms with van der Waals surface area (Å²) in [5.41, 5.74) is 10.4. The molecule has 4 aromatic rings. The molecule has 0 atom stereocenters. The van der Waals surface area contributed by atoms with Gasteiger partial charge in [0.25, 0.3) is 0 Å². The molecule has 6 nitrogen and oxygen atoms in total. The van der Waals surface area contributed by atoms with Gasteiger partial charge in [0.1, 0.15) is 11.5 Å². The van der Waals surface area contributed by atoms with Crippen LogP contribution in [0.1, 0.15) is 0 Å². The first-order valence-corrected chi connectivity index (χ1v) is 9.59. The molecular formula is C24H23N5O. The molecule has 30 heavy (non-hydrogen) atoms. The van der Waals surface area contributed by atoms with Gasteiger partial charge in [0.2, 0.25) is 5.95 Å². The Morgan fingerprint density at radius 3 is 2.30 bits per heavy atom. The Labute approximate surface area is 176 Å². The van der Waals surface area contributed by atoms with Crippen LogP contribution in [0.25, 0.3) is 11.3 Å². The van der Waals surface area contributed by atoms with Crippen molar-refractivity contribution >= 4 is 23.0 Å². The molecule has 3 N–H and O–H groups in total. The topological polar surface area (TPSA) is 76.3 Å². The summed E-state index contributed by atoms with van der Waals surface area (Å²) in [6, 6.07) is 25.1. The molecule has 0 fully saturated rings. The van der Waals surface area contributed by atoms with Crippen LogP contribution in [0.2, 0.25) is 0 Å². The molecule has 0 saturated carbocycles. The third-order valence-corrected chi connectivity index (χ3v) is 4.59. The van der Waals surface area contributed by atoms with Crippen LogP contribution in [0.4, 0.5) is 23.0 Å². The van der Waals surface area contributed by atoms with Crippen molar-refractivity contribution in [3.8, 4) is 22.8 Å². The number of nitrogens with zero attached hydrogens (tertiary/aromatic N) is 3. The number of nitrogen functional groups attached to an aromatic ring is 1. The largest absolute Gasteiger partial charge is 0.455 e. The highest BCUT2D eigenvalue weighted by atomic mass is 16.5. The molecule has 6 heteroatoms. The van der Waals surface area contributed by atoms with Crippen LogP contribution in [0.3, 0.4) is 0 Å². The highest BCUT2D eigenvalue weighted by Crippen LogP contribution is 2.29. The van der Waals surface area contributed by atoms with Crippen LogP contribution < -0.4 is 20.7 Å². The van der Waals surface area contributed by atoms with Gasteiger partial charge in [-0.3, -0.25) is 0 Å². The number of benzene rings is 3. The van der Waals surface area contributed by atoms with Crippen molar-refractivity contribution in [3.63, 3.8) is 0 Å². The number of ether oxygens (including phenoxy) is 1. The number of anilines is 4. The van der Waals surface area contributed by atoms with Crippen molar-refractivity contribution in [1.82, 2.24) is 9.97 Å². The Bertz CT molecular complexity index is 1120. The van der Waals surface area contributed by atoms with E-state index in [0.717, 1.165) is 22.6 Å². The zero-order chi connectivity index (χ0) is 20.9. The second-order valence-corrected chi connectivity index (χ2v) is 7.00. The lowest BCUT2D eigenvalue weighted by molar-refractivity contribution is 0.485. The van der Waals surface area contributed by atoms with Crippen molar-refractivity contribution in [3.05, 3.63) is 85.1 Å². The molecule has 0 amide bonds. The lowest BCUT2D eigenvalue weighted by Crippen LogP contribution is -2.08. The number of aromatic nitrogens is 2. The summed E-state index contributed by atoms with van der Waals surface area (Å²) in [6.45, 7) is 0. The highest BCUT2D eigenvalue weighted by Gasteiger charge is 2.06. The second kappa shape index (κ2) is 8.53. The van der Waals surface area contributed by atoms with E-state index in [9.17, 15) is 0 Å². The fourth-order valence-corrected chi connectivity index (χ4v) is 2.95. The van der Waals surface area contributed by atoms with E-state index in [1.54, 1.807) is 6.20 Å². The van der Waals surface area contributed by atoms with Gasteiger partial charge in [-0.25, -0.2) is 9.97 Å². The van der Waals surface area contributed by atoms with E-state index in [4.69, 9.17) is 10.5 Å². The maximum absolute atomic E-state index is 5.94. The quantitative estimate of drug-likeness (QED) is 0.428. The molecule has 0 aliphatic rings. The van der Waals surface area contributed by atoms with Gasteiger partial charge in [-0.2, -0.15) is 0 Å². The Hall–Kier alpha value is -4.06. The molecule has 3 aromatic carbocycles. The van der Waals surface area contributed by atoms with Crippen molar-refractivity contribution in [2.45, 2.75) is 0 Å². The molecule has 0 aliphatic carbocycles. The van der Waals surface area contributed by atoms with E-state index < -0.39 is 0 Å².